The second-order valence-corrected chi connectivity index (χ2v) is 6.07. The van der Waals surface area contributed by atoms with Crippen LogP contribution in [0.3, 0.4) is 0 Å². The smallest absolute Gasteiger partial charge is 0.235 e. The highest BCUT2D eigenvalue weighted by atomic mass is 32.1. The Kier molecular flexibility index (Phi) is 4.95. The standard InChI is InChI=1S/C16H17N5O2S/c1-10-14(24-21-20-10)9-17-15(22)8-7-13-16(23-2)19-12-6-4-3-5-11(12)18-13/h3-6H,7-9H2,1-2H3,(H,17,22). The molecule has 24 heavy (non-hydrogen) atoms. The van der Waals surface area contributed by atoms with E-state index >= 15 is 0 Å². The molecule has 1 aromatic carbocycles. The number of para-hydroxylation sites is 2. The molecule has 0 saturated heterocycles. The Morgan fingerprint density at radius 2 is 2.00 bits per heavy atom. The van der Waals surface area contributed by atoms with Crippen molar-refractivity contribution in [1.82, 2.24) is 24.9 Å². The topological polar surface area (TPSA) is 89.9 Å². The second-order valence-electron chi connectivity index (χ2n) is 5.23. The highest BCUT2D eigenvalue weighted by Gasteiger charge is 2.12. The van der Waals surface area contributed by atoms with Crippen molar-refractivity contribution in [3.05, 3.63) is 40.5 Å². The molecular formula is C16H17N5O2S. The number of fused-ring (bicyclic) bond motifs is 1. The average Bonchev–Trinajstić information content (AvgIpc) is 3.02. The number of rotatable bonds is 6. The van der Waals surface area contributed by atoms with E-state index in [0.29, 0.717) is 31.0 Å². The Labute approximate surface area is 143 Å². The van der Waals surface area contributed by atoms with Gasteiger partial charge in [-0.05, 0) is 30.6 Å². The van der Waals surface area contributed by atoms with Crippen LogP contribution >= 0.6 is 11.5 Å². The van der Waals surface area contributed by atoms with Crippen molar-refractivity contribution >= 4 is 28.5 Å². The SMILES string of the molecule is COc1nc2ccccc2nc1CCC(=O)NCc1snnc1C. The van der Waals surface area contributed by atoms with Crippen LogP contribution in [0.5, 0.6) is 5.88 Å². The lowest BCUT2D eigenvalue weighted by Gasteiger charge is -2.08. The lowest BCUT2D eigenvalue weighted by Crippen LogP contribution is -2.23. The molecule has 1 N–H and O–H groups in total. The van der Waals surface area contributed by atoms with Crippen LogP contribution in [0.4, 0.5) is 0 Å². The molecule has 7 nitrogen and oxygen atoms in total. The number of methoxy groups -OCH3 is 1. The van der Waals surface area contributed by atoms with Crippen molar-refractivity contribution in [2.24, 2.45) is 0 Å². The number of carbonyl (C=O) groups is 1. The van der Waals surface area contributed by atoms with Gasteiger partial charge in [0.05, 0.1) is 35.3 Å². The number of nitrogens with zero attached hydrogens (tertiary/aromatic N) is 4. The maximum Gasteiger partial charge on any atom is 0.235 e. The maximum atomic E-state index is 12.0. The predicted molar refractivity (Wildman–Crippen MR) is 90.9 cm³/mol. The predicted octanol–water partition coefficient (Wildman–Crippen LogP) is 2.05. The Morgan fingerprint density at radius 1 is 1.25 bits per heavy atom. The van der Waals surface area contributed by atoms with Crippen molar-refractivity contribution in [2.75, 3.05) is 7.11 Å². The molecule has 0 aliphatic carbocycles. The van der Waals surface area contributed by atoms with Crippen LogP contribution in [-0.4, -0.2) is 32.6 Å². The Hall–Kier alpha value is -2.61. The fraction of sp³-hybridized carbons (Fsp3) is 0.312. The zero-order valence-electron chi connectivity index (χ0n) is 13.4. The summed E-state index contributed by atoms with van der Waals surface area (Å²) in [6.07, 6.45) is 0.779. The summed E-state index contributed by atoms with van der Waals surface area (Å²) < 4.78 is 9.15. The largest absolute Gasteiger partial charge is 0.480 e. The number of hydrogen-bond donors (Lipinski definition) is 1. The first-order chi connectivity index (χ1) is 11.7. The second kappa shape index (κ2) is 7.31. The zero-order valence-corrected chi connectivity index (χ0v) is 14.3. The van der Waals surface area contributed by atoms with Gasteiger partial charge in [-0.1, -0.05) is 16.6 Å². The summed E-state index contributed by atoms with van der Waals surface area (Å²) >= 11 is 1.30. The monoisotopic (exact) mass is 343 g/mol. The number of aromatic nitrogens is 4. The number of carbonyl (C=O) groups excluding carboxylic acids is 1. The van der Waals surface area contributed by atoms with Crippen LogP contribution in [0.15, 0.2) is 24.3 Å². The highest BCUT2D eigenvalue weighted by molar-refractivity contribution is 7.05. The summed E-state index contributed by atoms with van der Waals surface area (Å²) in [6, 6.07) is 7.59. The van der Waals surface area contributed by atoms with E-state index in [1.807, 2.05) is 31.2 Å². The quantitative estimate of drug-likeness (QED) is 0.737. The van der Waals surface area contributed by atoms with Crippen LogP contribution < -0.4 is 10.1 Å². The summed E-state index contributed by atoms with van der Waals surface area (Å²) in [5, 5.41) is 6.80. The molecule has 8 heteroatoms. The number of hydrogen-bond acceptors (Lipinski definition) is 7. The van der Waals surface area contributed by atoms with Gasteiger partial charge >= 0.3 is 0 Å². The van der Waals surface area contributed by atoms with Gasteiger partial charge in [0.15, 0.2) is 0 Å². The fourth-order valence-corrected chi connectivity index (χ4v) is 2.83. The van der Waals surface area contributed by atoms with Crippen molar-refractivity contribution in [2.45, 2.75) is 26.3 Å². The first-order valence-electron chi connectivity index (χ1n) is 7.51. The molecular weight excluding hydrogens is 326 g/mol. The minimum absolute atomic E-state index is 0.0557. The first-order valence-corrected chi connectivity index (χ1v) is 8.29. The van der Waals surface area contributed by atoms with E-state index < -0.39 is 0 Å². The number of ether oxygens (including phenoxy) is 1. The summed E-state index contributed by atoms with van der Waals surface area (Å²) in [7, 11) is 1.56. The van der Waals surface area contributed by atoms with E-state index in [0.717, 1.165) is 21.6 Å². The van der Waals surface area contributed by atoms with Crippen LogP contribution in [-0.2, 0) is 17.8 Å². The summed E-state index contributed by atoms with van der Waals surface area (Å²) in [6.45, 7) is 2.32. The molecule has 0 bridgehead atoms. The third-order valence-corrected chi connectivity index (χ3v) is 4.40. The molecule has 124 valence electrons. The van der Waals surface area contributed by atoms with Gasteiger partial charge in [0.25, 0.3) is 0 Å². The number of aryl methyl sites for hydroxylation is 2. The third kappa shape index (κ3) is 3.65. The normalized spacial score (nSPS) is 10.8. The van der Waals surface area contributed by atoms with E-state index in [4.69, 9.17) is 4.74 Å². The minimum Gasteiger partial charge on any atom is -0.480 e. The van der Waals surface area contributed by atoms with Gasteiger partial charge < -0.3 is 10.1 Å². The van der Waals surface area contributed by atoms with Crippen LogP contribution in [0.25, 0.3) is 11.0 Å². The molecule has 3 rings (SSSR count). The molecule has 3 aromatic rings. The van der Waals surface area contributed by atoms with Gasteiger partial charge in [-0.2, -0.15) is 0 Å². The van der Waals surface area contributed by atoms with Gasteiger partial charge in [0.1, 0.15) is 5.69 Å². The molecule has 0 saturated carbocycles. The summed E-state index contributed by atoms with van der Waals surface area (Å²) in [4.78, 5) is 22.0. The van der Waals surface area contributed by atoms with Gasteiger partial charge in [0, 0.05) is 12.8 Å². The van der Waals surface area contributed by atoms with Crippen molar-refractivity contribution < 1.29 is 9.53 Å². The van der Waals surface area contributed by atoms with E-state index in [1.165, 1.54) is 11.5 Å². The molecule has 1 amide bonds. The van der Waals surface area contributed by atoms with Gasteiger partial charge in [0.2, 0.25) is 11.8 Å². The van der Waals surface area contributed by atoms with E-state index in [-0.39, 0.29) is 5.91 Å². The van der Waals surface area contributed by atoms with E-state index in [2.05, 4.69) is 24.9 Å². The molecule has 0 aliphatic rings. The Morgan fingerprint density at radius 3 is 2.67 bits per heavy atom. The average molecular weight is 343 g/mol. The Balaban J connectivity index is 1.64. The maximum absolute atomic E-state index is 12.0. The van der Waals surface area contributed by atoms with Crippen LogP contribution in [0.2, 0.25) is 0 Å². The minimum atomic E-state index is -0.0557. The molecule has 0 fully saturated rings. The highest BCUT2D eigenvalue weighted by Crippen LogP contribution is 2.19. The van der Waals surface area contributed by atoms with Gasteiger partial charge in [-0.3, -0.25) is 4.79 Å². The molecule has 0 unspecified atom stereocenters. The lowest BCUT2D eigenvalue weighted by atomic mass is 10.2. The lowest BCUT2D eigenvalue weighted by molar-refractivity contribution is -0.121. The van der Waals surface area contributed by atoms with Crippen molar-refractivity contribution in [3.63, 3.8) is 0 Å². The third-order valence-electron chi connectivity index (χ3n) is 3.58. The summed E-state index contributed by atoms with van der Waals surface area (Å²) in [5.41, 5.74) is 3.10. The van der Waals surface area contributed by atoms with Crippen LogP contribution in [0, 0.1) is 6.92 Å². The molecule has 0 aliphatic heterocycles. The van der Waals surface area contributed by atoms with Crippen molar-refractivity contribution in [1.29, 1.82) is 0 Å². The summed E-state index contributed by atoms with van der Waals surface area (Å²) in [5.74, 6) is 0.406. The zero-order chi connectivity index (χ0) is 16.9. The molecule has 0 spiro atoms. The van der Waals surface area contributed by atoms with E-state index in [9.17, 15) is 4.79 Å². The number of nitrogens with one attached hydrogen (secondary N) is 1. The molecule has 0 atom stereocenters. The van der Waals surface area contributed by atoms with Crippen molar-refractivity contribution in [3.8, 4) is 5.88 Å². The first kappa shape index (κ1) is 16.3. The van der Waals surface area contributed by atoms with Gasteiger partial charge in [-0.25, -0.2) is 9.97 Å². The molecule has 0 radical (unpaired) electrons. The Bertz CT molecular complexity index is 865. The molecule has 2 aromatic heterocycles. The fourth-order valence-electron chi connectivity index (χ4n) is 2.26. The molecule has 2 heterocycles. The van der Waals surface area contributed by atoms with Gasteiger partial charge in [-0.15, -0.1) is 5.10 Å². The van der Waals surface area contributed by atoms with Crippen LogP contribution in [0.1, 0.15) is 22.7 Å². The number of benzene rings is 1. The van der Waals surface area contributed by atoms with E-state index in [1.54, 1.807) is 7.11 Å². The number of amides is 1.